The number of thiazole rings is 1. The molecule has 0 unspecified atom stereocenters. The summed E-state index contributed by atoms with van der Waals surface area (Å²) in [6, 6.07) is 1.12. The molecular weight excluding hydrogens is 377 g/mol. The van der Waals surface area contributed by atoms with Crippen LogP contribution in [0.5, 0.6) is 5.88 Å². The standard InChI is InChI=1S/C17H14FN3O5S/c18-10-5-8-13-9(14(10)19-1-3-20(25)4-2-19)6-26-11-7-27-16(21(11)13)12(15(8)22)17(23)24/h5,7,25H,1-4,6H2,(H,23,24). The van der Waals surface area contributed by atoms with Crippen LogP contribution in [0.2, 0.25) is 0 Å². The van der Waals surface area contributed by atoms with Gasteiger partial charge in [-0.1, -0.05) is 0 Å². The number of carboxylic acids is 1. The molecule has 2 N–H and O–H groups in total. The third kappa shape index (κ3) is 2.20. The number of halogens is 1. The lowest BCUT2D eigenvalue weighted by Gasteiger charge is -2.35. The van der Waals surface area contributed by atoms with Crippen LogP contribution in [0.15, 0.2) is 16.2 Å². The van der Waals surface area contributed by atoms with Gasteiger partial charge < -0.3 is 20.0 Å². The number of rotatable bonds is 2. The number of ether oxygens (including phenoxy) is 1. The maximum atomic E-state index is 15.0. The van der Waals surface area contributed by atoms with E-state index in [2.05, 4.69) is 0 Å². The Labute approximate surface area is 155 Å². The summed E-state index contributed by atoms with van der Waals surface area (Å²) >= 11 is 1.11. The van der Waals surface area contributed by atoms with E-state index in [1.54, 1.807) is 9.78 Å². The van der Waals surface area contributed by atoms with Crippen LogP contribution >= 0.6 is 11.3 Å². The van der Waals surface area contributed by atoms with E-state index in [-0.39, 0.29) is 22.4 Å². The Kier molecular flexibility index (Phi) is 3.45. The molecule has 5 rings (SSSR count). The highest BCUT2D eigenvalue weighted by atomic mass is 32.1. The molecule has 27 heavy (non-hydrogen) atoms. The van der Waals surface area contributed by atoms with Gasteiger partial charge in [-0.15, -0.1) is 11.3 Å². The second-order valence-corrected chi connectivity index (χ2v) is 7.39. The van der Waals surface area contributed by atoms with Crippen LogP contribution in [0.3, 0.4) is 0 Å². The van der Waals surface area contributed by atoms with Crippen molar-refractivity contribution in [1.29, 1.82) is 0 Å². The summed E-state index contributed by atoms with van der Waals surface area (Å²) in [5, 5.41) is 21.9. The lowest BCUT2D eigenvalue weighted by molar-refractivity contribution is -0.0936. The molecular formula is C17H14FN3O5S. The van der Waals surface area contributed by atoms with E-state index in [1.807, 2.05) is 4.90 Å². The van der Waals surface area contributed by atoms with E-state index in [9.17, 15) is 19.9 Å². The topological polar surface area (TPSA) is 94.7 Å². The van der Waals surface area contributed by atoms with E-state index in [4.69, 9.17) is 4.74 Å². The second-order valence-electron chi connectivity index (χ2n) is 6.53. The highest BCUT2D eigenvalue weighted by Gasteiger charge is 2.31. The van der Waals surface area contributed by atoms with Crippen LogP contribution < -0.4 is 15.1 Å². The minimum atomic E-state index is -1.35. The smallest absolute Gasteiger partial charge is 0.342 e. The molecule has 1 saturated heterocycles. The quantitative estimate of drug-likeness (QED) is 0.687. The molecule has 8 nitrogen and oxygen atoms in total. The molecule has 1 aromatic carbocycles. The third-order valence-electron chi connectivity index (χ3n) is 5.08. The number of nitrogens with zero attached hydrogens (tertiary/aromatic N) is 3. The average molecular weight is 391 g/mol. The zero-order valence-corrected chi connectivity index (χ0v) is 14.8. The Morgan fingerprint density at radius 2 is 2.00 bits per heavy atom. The number of anilines is 1. The van der Waals surface area contributed by atoms with Crippen molar-refractivity contribution >= 4 is 38.7 Å². The predicted octanol–water partition coefficient (Wildman–Crippen LogP) is 1.76. The number of hydrogen-bond donors (Lipinski definition) is 2. The molecule has 0 saturated carbocycles. The highest BCUT2D eigenvalue weighted by Crippen LogP contribution is 2.39. The van der Waals surface area contributed by atoms with Gasteiger partial charge in [0.15, 0.2) is 0 Å². The van der Waals surface area contributed by atoms with Crippen molar-refractivity contribution < 1.29 is 24.2 Å². The molecule has 10 heteroatoms. The number of hydroxylamine groups is 2. The van der Waals surface area contributed by atoms with Crippen molar-refractivity contribution in [2.75, 3.05) is 31.1 Å². The van der Waals surface area contributed by atoms with E-state index < -0.39 is 17.2 Å². The van der Waals surface area contributed by atoms with Crippen molar-refractivity contribution in [3.63, 3.8) is 0 Å². The number of hydrogen-bond acceptors (Lipinski definition) is 7. The summed E-state index contributed by atoms with van der Waals surface area (Å²) < 4.78 is 22.4. The fourth-order valence-corrected chi connectivity index (χ4v) is 4.84. The number of aromatic nitrogens is 1. The fraction of sp³-hybridized carbons (Fsp3) is 0.294. The van der Waals surface area contributed by atoms with Crippen molar-refractivity contribution in [3.05, 3.63) is 38.6 Å². The minimum absolute atomic E-state index is 0.0323. The molecule has 2 aromatic heterocycles. The van der Waals surface area contributed by atoms with Gasteiger partial charge in [-0.3, -0.25) is 9.20 Å². The Bertz CT molecular complexity index is 1180. The lowest BCUT2D eigenvalue weighted by Crippen LogP contribution is -2.45. The molecule has 0 radical (unpaired) electrons. The number of aromatic carboxylic acids is 1. The van der Waals surface area contributed by atoms with Gasteiger partial charge in [0.05, 0.1) is 22.0 Å². The fourth-order valence-electron chi connectivity index (χ4n) is 3.87. The van der Waals surface area contributed by atoms with Crippen molar-refractivity contribution in [1.82, 2.24) is 9.46 Å². The largest absolute Gasteiger partial charge is 0.477 e. The lowest BCUT2D eigenvalue weighted by atomic mass is 10.0. The highest BCUT2D eigenvalue weighted by molar-refractivity contribution is 7.16. The molecule has 3 aromatic rings. The van der Waals surface area contributed by atoms with Crippen molar-refractivity contribution in [2.45, 2.75) is 6.61 Å². The van der Waals surface area contributed by atoms with Gasteiger partial charge in [0.1, 0.15) is 22.8 Å². The van der Waals surface area contributed by atoms with E-state index in [0.717, 1.165) is 17.4 Å². The van der Waals surface area contributed by atoms with Crippen LogP contribution in [0.4, 0.5) is 10.1 Å². The van der Waals surface area contributed by atoms with Crippen LogP contribution in [0.25, 0.3) is 15.7 Å². The normalized spacial score (nSPS) is 17.0. The first-order valence-corrected chi connectivity index (χ1v) is 9.21. The average Bonchev–Trinajstić information content (AvgIpc) is 3.06. The Hall–Kier alpha value is -2.69. The van der Waals surface area contributed by atoms with Crippen LogP contribution in [0.1, 0.15) is 15.9 Å². The zero-order valence-electron chi connectivity index (χ0n) is 13.9. The number of carboxylic acid groups (broad SMARTS) is 1. The SMILES string of the molecule is O=C(O)c1c(=O)c2cc(F)c(N3CCN(O)CC3)c3c2n2c(csc12)OC3. The van der Waals surface area contributed by atoms with Crippen molar-refractivity contribution in [2.24, 2.45) is 0 Å². The molecule has 0 amide bonds. The summed E-state index contributed by atoms with van der Waals surface area (Å²) in [7, 11) is 0. The van der Waals surface area contributed by atoms with Gasteiger partial charge in [0, 0.05) is 31.7 Å². The number of pyridine rings is 1. The third-order valence-corrected chi connectivity index (χ3v) is 6.01. The zero-order chi connectivity index (χ0) is 18.9. The molecule has 2 aliphatic rings. The first kappa shape index (κ1) is 16.5. The molecule has 0 spiro atoms. The van der Waals surface area contributed by atoms with Gasteiger partial charge in [-0.25, -0.2) is 9.18 Å². The summed E-state index contributed by atoms with van der Waals surface area (Å²) in [6.07, 6.45) is 0. The molecule has 0 bridgehead atoms. The second kappa shape index (κ2) is 5.65. The Balaban J connectivity index is 1.88. The number of benzene rings is 1. The minimum Gasteiger partial charge on any atom is -0.477 e. The van der Waals surface area contributed by atoms with Crippen LogP contribution in [-0.2, 0) is 6.61 Å². The number of carbonyl (C=O) groups is 1. The Morgan fingerprint density at radius 3 is 2.70 bits per heavy atom. The molecule has 4 heterocycles. The maximum absolute atomic E-state index is 15.0. The first-order valence-electron chi connectivity index (χ1n) is 8.33. The maximum Gasteiger partial charge on any atom is 0.342 e. The molecule has 140 valence electrons. The first-order chi connectivity index (χ1) is 13.0. The van der Waals surface area contributed by atoms with Crippen LogP contribution in [-0.4, -0.2) is 51.9 Å². The molecule has 0 atom stereocenters. The summed E-state index contributed by atoms with van der Waals surface area (Å²) in [5.41, 5.74) is 0.274. The van der Waals surface area contributed by atoms with E-state index in [0.29, 0.717) is 48.8 Å². The van der Waals surface area contributed by atoms with Gasteiger partial charge in [-0.2, -0.15) is 5.06 Å². The summed E-state index contributed by atoms with van der Waals surface area (Å²) in [6.45, 7) is 1.67. The van der Waals surface area contributed by atoms with Crippen LogP contribution in [0, 0.1) is 5.82 Å². The molecule has 0 aliphatic carbocycles. The molecule has 2 aliphatic heterocycles. The predicted molar refractivity (Wildman–Crippen MR) is 95.9 cm³/mol. The Morgan fingerprint density at radius 1 is 1.26 bits per heavy atom. The van der Waals surface area contributed by atoms with E-state index in [1.165, 1.54) is 5.06 Å². The van der Waals surface area contributed by atoms with Gasteiger partial charge in [0.2, 0.25) is 11.3 Å². The summed E-state index contributed by atoms with van der Waals surface area (Å²) in [4.78, 5) is 26.5. The number of piperazine rings is 1. The molecule has 1 fully saturated rings. The van der Waals surface area contributed by atoms with E-state index >= 15 is 4.39 Å². The summed E-state index contributed by atoms with van der Waals surface area (Å²) in [5.74, 6) is -1.51. The van der Waals surface area contributed by atoms with Crippen molar-refractivity contribution in [3.8, 4) is 5.88 Å². The van der Waals surface area contributed by atoms with Gasteiger partial charge in [0.25, 0.3) is 0 Å². The monoisotopic (exact) mass is 391 g/mol. The van der Waals surface area contributed by atoms with Gasteiger partial charge >= 0.3 is 5.97 Å². The van der Waals surface area contributed by atoms with Gasteiger partial charge in [-0.05, 0) is 6.07 Å².